The zero-order valence-electron chi connectivity index (χ0n) is 45.9. The van der Waals surface area contributed by atoms with Crippen molar-refractivity contribution in [3.8, 4) is 0 Å². The van der Waals surface area contributed by atoms with Crippen molar-refractivity contribution in [3.63, 3.8) is 0 Å². The third kappa shape index (κ3) is 19.9. The van der Waals surface area contributed by atoms with Gasteiger partial charge in [0.05, 0.1) is 33.8 Å². The summed E-state index contributed by atoms with van der Waals surface area (Å²) in [5.74, 6) is 1.06. The van der Waals surface area contributed by atoms with Crippen molar-refractivity contribution in [1.82, 2.24) is 19.9 Å². The number of hydrogen-bond donors (Lipinski definition) is 0. The summed E-state index contributed by atoms with van der Waals surface area (Å²) in [6, 6.07) is 0. The van der Waals surface area contributed by atoms with Crippen LogP contribution < -0.4 is 0 Å². The van der Waals surface area contributed by atoms with Gasteiger partial charge >= 0.3 is 0 Å². The molecule has 56 heavy (non-hydrogen) atoms. The van der Waals surface area contributed by atoms with Crippen LogP contribution in [-0.2, 0) is 47.2 Å². The highest BCUT2D eigenvalue weighted by Gasteiger charge is 2.28. The summed E-state index contributed by atoms with van der Waals surface area (Å²) < 4.78 is 60.1. The third-order valence-electron chi connectivity index (χ3n) is 7.27. The molecule has 0 aromatic carbocycles. The molecule has 8 heteroatoms. The largest absolute Gasteiger partial charge is 0.448 e. The van der Waals surface area contributed by atoms with Crippen LogP contribution in [0.15, 0.2) is 32.6 Å². The summed E-state index contributed by atoms with van der Waals surface area (Å²) in [4.78, 5) is 19.1. The Bertz CT molecular complexity index is 1830. The molecule has 0 aliphatic carbocycles. The van der Waals surface area contributed by atoms with Crippen LogP contribution in [0.25, 0.3) is 0 Å². The Balaban J connectivity index is 0.000000414. The molecule has 6 nitrogen and oxygen atoms in total. The van der Waals surface area contributed by atoms with Crippen LogP contribution in [0, 0.1) is 21.7 Å². The van der Waals surface area contributed by atoms with Crippen LogP contribution in [0.1, 0.15) is 218 Å². The smallest absolute Gasteiger partial charge is 0.181 e. The van der Waals surface area contributed by atoms with E-state index in [1.54, 1.807) is 16.8 Å². The Morgan fingerprint density at radius 3 is 1.11 bits per heavy atom. The normalized spacial score (nSPS) is 16.5. The van der Waals surface area contributed by atoms with Crippen LogP contribution in [0.2, 0.25) is 0 Å². The quantitative estimate of drug-likeness (QED) is 0.204. The zero-order chi connectivity index (χ0) is 49.3. The lowest BCUT2D eigenvalue weighted by atomic mass is 9.85. The molecular formula is C48H84N4O2S2. The van der Waals surface area contributed by atoms with Gasteiger partial charge in [-0.3, -0.25) is 0 Å². The van der Waals surface area contributed by atoms with Gasteiger partial charge in [0, 0.05) is 52.4 Å². The molecule has 0 saturated heterocycles. The fourth-order valence-electron chi connectivity index (χ4n) is 5.05. The first-order valence-corrected chi connectivity index (χ1v) is 21.6. The van der Waals surface area contributed by atoms with Gasteiger partial charge in [-0.15, -0.1) is 22.7 Å². The van der Waals surface area contributed by atoms with E-state index >= 15 is 0 Å². The summed E-state index contributed by atoms with van der Waals surface area (Å²) in [5.41, 5.74) is 5.77. The van der Waals surface area contributed by atoms with Gasteiger partial charge in [-0.1, -0.05) is 166 Å². The molecule has 0 saturated carbocycles. The van der Waals surface area contributed by atoms with Crippen LogP contribution in [0.5, 0.6) is 0 Å². The molecule has 0 aliphatic rings. The van der Waals surface area contributed by atoms with E-state index in [9.17, 15) is 0 Å². The molecule has 0 radical (unpaired) electrons. The van der Waals surface area contributed by atoms with Crippen LogP contribution in [0.3, 0.4) is 0 Å². The lowest BCUT2D eigenvalue weighted by Crippen LogP contribution is -2.17. The van der Waals surface area contributed by atoms with E-state index in [0.717, 1.165) is 26.8 Å². The van der Waals surface area contributed by atoms with Crippen molar-refractivity contribution in [2.24, 2.45) is 21.7 Å². The summed E-state index contributed by atoms with van der Waals surface area (Å²) in [5, 5.41) is 0. The van der Waals surface area contributed by atoms with Gasteiger partial charge in [0.1, 0.15) is 11.5 Å². The Morgan fingerprint density at radius 2 is 0.750 bits per heavy atom. The predicted octanol–water partition coefficient (Wildman–Crippen LogP) is 15.2. The Hall–Kier alpha value is -2.32. The molecule has 0 amide bonds. The van der Waals surface area contributed by atoms with Crippen LogP contribution in [0.4, 0.5) is 0 Å². The molecule has 2 atom stereocenters. The van der Waals surface area contributed by atoms with Crippen molar-refractivity contribution in [2.45, 2.75) is 213 Å². The molecule has 4 rings (SSSR count). The SMILES string of the molecule is [2H]C([2H])(c1ocnc1C(C)(C)C)C(C)(C)C.[2H]C([2H])(c1scnc1C(C)(C)C)C(C)(C)C.[2H]C(c1ocnc1C(C)(C)C)C(C)(C)C.[2H]C(c1scnc1C(C)(C)C)C(C)(C)C. The number of thiazole rings is 2. The molecule has 0 N–H and O–H groups in total. The van der Waals surface area contributed by atoms with Crippen molar-refractivity contribution in [1.29, 1.82) is 0 Å². The van der Waals surface area contributed by atoms with Crippen molar-refractivity contribution in [2.75, 3.05) is 0 Å². The number of rotatable bonds is 4. The maximum atomic E-state index is 8.29. The average molecular weight is 819 g/mol. The molecule has 2 unspecified atom stereocenters. The Morgan fingerprint density at radius 1 is 0.411 bits per heavy atom. The summed E-state index contributed by atoms with van der Waals surface area (Å²) in [6.45, 7) is 48.8. The van der Waals surface area contributed by atoms with E-state index in [-0.39, 0.29) is 45.3 Å². The number of hydrogen-bond acceptors (Lipinski definition) is 8. The molecule has 0 fully saturated rings. The minimum absolute atomic E-state index is 0.0213. The highest BCUT2D eigenvalue weighted by Crippen LogP contribution is 2.34. The van der Waals surface area contributed by atoms with E-state index in [1.165, 1.54) is 24.1 Å². The predicted molar refractivity (Wildman–Crippen MR) is 245 cm³/mol. The number of oxazole rings is 2. The maximum Gasteiger partial charge on any atom is 0.181 e. The second-order valence-electron chi connectivity index (χ2n) is 23.0. The molecule has 320 valence electrons. The van der Waals surface area contributed by atoms with E-state index in [2.05, 4.69) is 103 Å². The molecular weight excluding hydrogens is 729 g/mol. The van der Waals surface area contributed by atoms with E-state index < -0.39 is 23.6 Å². The summed E-state index contributed by atoms with van der Waals surface area (Å²) in [6.07, 6.45) is -0.626. The van der Waals surface area contributed by atoms with E-state index in [4.69, 9.17) is 17.1 Å². The zero-order valence-corrected chi connectivity index (χ0v) is 41.5. The molecule has 4 aromatic heterocycles. The van der Waals surface area contributed by atoms with Gasteiger partial charge < -0.3 is 8.83 Å². The Kier molecular flexibility index (Phi) is 14.3. The van der Waals surface area contributed by atoms with Crippen molar-refractivity contribution >= 4 is 22.7 Å². The monoisotopic (exact) mass is 819 g/mol. The Labute approximate surface area is 361 Å². The first kappa shape index (κ1) is 41.8. The van der Waals surface area contributed by atoms with Gasteiger partial charge in [0.15, 0.2) is 12.8 Å². The van der Waals surface area contributed by atoms with Gasteiger partial charge in [0.2, 0.25) is 0 Å². The molecule has 4 aromatic rings. The molecule has 0 aliphatic heterocycles. The van der Waals surface area contributed by atoms with Crippen molar-refractivity contribution in [3.05, 3.63) is 67.9 Å². The minimum atomic E-state index is -1.52. The van der Waals surface area contributed by atoms with Gasteiger partial charge in [-0.25, -0.2) is 19.9 Å². The second kappa shape index (κ2) is 19.2. The van der Waals surface area contributed by atoms with Gasteiger partial charge in [-0.2, -0.15) is 0 Å². The first-order chi connectivity index (χ1) is 27.2. The van der Waals surface area contributed by atoms with Gasteiger partial charge in [-0.05, 0) is 34.4 Å². The average Bonchev–Trinajstić information content (AvgIpc) is 3.87. The molecule has 0 spiro atoms. The van der Waals surface area contributed by atoms with Crippen LogP contribution >= 0.6 is 22.7 Å². The van der Waals surface area contributed by atoms with Crippen LogP contribution in [-0.4, -0.2) is 19.9 Å². The highest BCUT2D eigenvalue weighted by atomic mass is 32.1. The standard InChI is InChI=1S/2C12H21NO.2C12H21NS/c4*1-11(2,3)7-9-10(12(4,5)6)13-8-14-9/h4*8H,7H2,1-6H3/i7D2;7D;7D2;7D. The maximum absolute atomic E-state index is 8.29. The number of aromatic nitrogens is 4. The van der Waals surface area contributed by atoms with Gasteiger partial charge in [0.25, 0.3) is 0 Å². The summed E-state index contributed by atoms with van der Waals surface area (Å²) >= 11 is 3.04. The fourth-order valence-corrected chi connectivity index (χ4v) is 7.31. The highest BCUT2D eigenvalue weighted by molar-refractivity contribution is 7.10. The minimum Gasteiger partial charge on any atom is -0.448 e. The lowest BCUT2D eigenvalue weighted by Gasteiger charge is -2.22. The second-order valence-corrected chi connectivity index (χ2v) is 24.7. The molecule has 4 heterocycles. The lowest BCUT2D eigenvalue weighted by molar-refractivity contribution is 0.355. The fraction of sp³-hybridized carbons (Fsp3) is 0.750. The van der Waals surface area contributed by atoms with E-state index in [0.29, 0.717) is 17.2 Å². The number of nitrogens with zero attached hydrogens (tertiary/aromatic N) is 4. The first-order valence-electron chi connectivity index (χ1n) is 23.0. The topological polar surface area (TPSA) is 77.8 Å². The van der Waals surface area contributed by atoms with Crippen molar-refractivity contribution < 1.29 is 17.1 Å². The van der Waals surface area contributed by atoms with E-state index in [1.807, 2.05) is 88.6 Å². The molecule has 0 bridgehead atoms. The summed E-state index contributed by atoms with van der Waals surface area (Å²) in [7, 11) is 0. The third-order valence-corrected chi connectivity index (χ3v) is 8.79.